The van der Waals surface area contributed by atoms with Gasteiger partial charge in [-0.05, 0) is 61.4 Å². The molecule has 33 heavy (non-hydrogen) atoms. The molecule has 0 unspecified atom stereocenters. The van der Waals surface area contributed by atoms with E-state index in [0.29, 0.717) is 11.3 Å². The summed E-state index contributed by atoms with van der Waals surface area (Å²) in [4.78, 5) is 21.8. The van der Waals surface area contributed by atoms with Crippen molar-refractivity contribution in [2.75, 3.05) is 5.32 Å². The van der Waals surface area contributed by atoms with E-state index in [4.69, 9.17) is 9.72 Å². The first-order chi connectivity index (χ1) is 16.1. The normalized spacial score (nSPS) is 11.8. The second kappa shape index (κ2) is 8.71. The van der Waals surface area contributed by atoms with Gasteiger partial charge >= 0.3 is 0 Å². The summed E-state index contributed by atoms with van der Waals surface area (Å²) in [5.41, 5.74) is 7.10. The molecule has 1 aliphatic rings. The summed E-state index contributed by atoms with van der Waals surface area (Å²) in [6, 6.07) is 19.1. The number of benzene rings is 2. The lowest BCUT2D eigenvalue weighted by Crippen LogP contribution is -2.12. The molecule has 0 saturated heterocycles. The molecule has 2 aromatic heterocycles. The number of anilines is 1. The first-order valence-electron chi connectivity index (χ1n) is 10.8. The van der Waals surface area contributed by atoms with Crippen molar-refractivity contribution in [1.82, 2.24) is 9.97 Å². The molecule has 0 radical (unpaired) electrons. The van der Waals surface area contributed by atoms with Crippen LogP contribution in [0.15, 0.2) is 79.1 Å². The van der Waals surface area contributed by atoms with Crippen LogP contribution in [0.25, 0.3) is 17.3 Å². The van der Waals surface area contributed by atoms with Gasteiger partial charge in [0, 0.05) is 47.3 Å². The molecule has 0 fully saturated rings. The van der Waals surface area contributed by atoms with E-state index >= 15 is 0 Å². The number of nitrogens with zero attached hydrogens (tertiary/aromatic N) is 2. The number of aromatic nitrogens is 2. The molecule has 4 aromatic rings. The van der Waals surface area contributed by atoms with Crippen LogP contribution in [0.4, 0.5) is 5.69 Å². The number of amides is 1. The quantitative estimate of drug-likeness (QED) is 0.397. The fourth-order valence-electron chi connectivity index (χ4n) is 3.86. The molecule has 5 nitrogen and oxygen atoms in total. The van der Waals surface area contributed by atoms with E-state index < -0.39 is 0 Å². The van der Waals surface area contributed by atoms with Crippen molar-refractivity contribution in [1.29, 1.82) is 0 Å². The number of allylic oxidation sites excluding steroid dienone is 1. The van der Waals surface area contributed by atoms with Gasteiger partial charge < -0.3 is 10.1 Å². The van der Waals surface area contributed by atoms with Crippen molar-refractivity contribution in [2.45, 2.75) is 20.3 Å². The average molecular weight is 434 g/mol. The van der Waals surface area contributed by atoms with Crippen LogP contribution in [-0.4, -0.2) is 15.9 Å². The Morgan fingerprint density at radius 2 is 1.82 bits per heavy atom. The number of nitrogens with one attached hydrogen (secondary N) is 1. The zero-order valence-corrected chi connectivity index (χ0v) is 18.5. The van der Waals surface area contributed by atoms with E-state index in [2.05, 4.69) is 16.4 Å². The summed E-state index contributed by atoms with van der Waals surface area (Å²) in [6.45, 7) is 3.97. The molecule has 0 atom stereocenters. The first kappa shape index (κ1) is 20.6. The zero-order chi connectivity index (χ0) is 22.8. The van der Waals surface area contributed by atoms with Gasteiger partial charge in [-0.1, -0.05) is 30.4 Å². The van der Waals surface area contributed by atoms with Gasteiger partial charge in [0.05, 0.1) is 11.4 Å². The smallest absolute Gasteiger partial charge is 0.255 e. The predicted molar refractivity (Wildman–Crippen MR) is 131 cm³/mol. The standard InChI is InChI=1S/C28H23N3O2/c1-18-5-3-6-22(15-18)30-28(32)21-10-9-19(2)26(16-21)33-27-17-25(20-11-13-29-14-12-20)31-24-8-4-7-23(24)27/h3-7,9-17H,8H2,1-2H3,(H,30,32). The molecule has 5 rings (SSSR count). The zero-order valence-electron chi connectivity index (χ0n) is 18.5. The second-order valence-corrected chi connectivity index (χ2v) is 8.11. The number of carbonyl (C=O) groups excluding carboxylic acids is 1. The van der Waals surface area contributed by atoms with Crippen LogP contribution in [0.5, 0.6) is 11.5 Å². The Bertz CT molecular complexity index is 1380. The van der Waals surface area contributed by atoms with Gasteiger partial charge in [0.2, 0.25) is 0 Å². The van der Waals surface area contributed by atoms with Gasteiger partial charge in [-0.15, -0.1) is 0 Å². The number of carbonyl (C=O) groups is 1. The molecular weight excluding hydrogens is 410 g/mol. The number of ether oxygens (including phenoxy) is 1. The van der Waals surface area contributed by atoms with Gasteiger partial charge in [0.1, 0.15) is 11.5 Å². The van der Waals surface area contributed by atoms with Crippen LogP contribution in [0, 0.1) is 13.8 Å². The summed E-state index contributed by atoms with van der Waals surface area (Å²) < 4.78 is 6.39. The highest BCUT2D eigenvalue weighted by Gasteiger charge is 2.18. The Hall–Kier alpha value is -4.25. The molecule has 0 aliphatic heterocycles. The van der Waals surface area contributed by atoms with E-state index in [1.807, 2.05) is 74.5 Å². The maximum absolute atomic E-state index is 12.9. The lowest BCUT2D eigenvalue weighted by Gasteiger charge is -2.15. The van der Waals surface area contributed by atoms with Crippen LogP contribution < -0.4 is 10.1 Å². The third-order valence-electron chi connectivity index (χ3n) is 5.62. The van der Waals surface area contributed by atoms with E-state index in [9.17, 15) is 4.79 Å². The van der Waals surface area contributed by atoms with Crippen molar-refractivity contribution in [3.63, 3.8) is 0 Å². The Morgan fingerprint density at radius 3 is 2.64 bits per heavy atom. The van der Waals surface area contributed by atoms with Crippen LogP contribution >= 0.6 is 0 Å². The maximum atomic E-state index is 12.9. The fraction of sp³-hybridized carbons (Fsp3) is 0.107. The summed E-state index contributed by atoms with van der Waals surface area (Å²) in [7, 11) is 0. The summed E-state index contributed by atoms with van der Waals surface area (Å²) >= 11 is 0. The molecule has 5 heteroatoms. The molecule has 2 aromatic carbocycles. The van der Waals surface area contributed by atoms with E-state index in [-0.39, 0.29) is 5.91 Å². The lowest BCUT2D eigenvalue weighted by atomic mass is 10.1. The third kappa shape index (κ3) is 4.39. The highest BCUT2D eigenvalue weighted by molar-refractivity contribution is 6.04. The average Bonchev–Trinajstić information content (AvgIpc) is 3.30. The molecule has 162 valence electrons. The fourth-order valence-corrected chi connectivity index (χ4v) is 3.86. The molecule has 0 bridgehead atoms. The number of aryl methyl sites for hydroxylation is 2. The van der Waals surface area contributed by atoms with E-state index in [1.165, 1.54) is 0 Å². The highest BCUT2D eigenvalue weighted by atomic mass is 16.5. The number of fused-ring (bicyclic) bond motifs is 1. The minimum atomic E-state index is -0.178. The van der Waals surface area contributed by atoms with Gasteiger partial charge in [0.15, 0.2) is 0 Å². The topological polar surface area (TPSA) is 64.1 Å². The van der Waals surface area contributed by atoms with E-state index in [1.54, 1.807) is 18.5 Å². The summed E-state index contributed by atoms with van der Waals surface area (Å²) in [6.07, 6.45) is 8.40. The maximum Gasteiger partial charge on any atom is 0.255 e. The van der Waals surface area contributed by atoms with Gasteiger partial charge in [-0.3, -0.25) is 14.8 Å². The summed E-state index contributed by atoms with van der Waals surface area (Å²) in [5.74, 6) is 1.18. The van der Waals surface area contributed by atoms with Gasteiger partial charge in [-0.2, -0.15) is 0 Å². The first-order valence-corrected chi connectivity index (χ1v) is 10.8. The van der Waals surface area contributed by atoms with Crippen molar-refractivity contribution >= 4 is 17.7 Å². The van der Waals surface area contributed by atoms with Crippen LogP contribution in [0.1, 0.15) is 32.7 Å². The molecule has 2 heterocycles. The second-order valence-electron chi connectivity index (χ2n) is 8.11. The van der Waals surface area contributed by atoms with Crippen LogP contribution in [-0.2, 0) is 6.42 Å². The Morgan fingerprint density at radius 1 is 0.970 bits per heavy atom. The lowest BCUT2D eigenvalue weighted by molar-refractivity contribution is 0.102. The molecule has 0 saturated carbocycles. The van der Waals surface area contributed by atoms with E-state index in [0.717, 1.165) is 51.5 Å². The van der Waals surface area contributed by atoms with Crippen molar-refractivity contribution in [3.8, 4) is 22.8 Å². The Labute approximate surface area is 192 Å². The van der Waals surface area contributed by atoms with Crippen molar-refractivity contribution in [2.24, 2.45) is 0 Å². The van der Waals surface area contributed by atoms with Crippen molar-refractivity contribution < 1.29 is 9.53 Å². The number of pyridine rings is 2. The molecule has 0 spiro atoms. The number of hydrogen-bond acceptors (Lipinski definition) is 4. The molecule has 1 aliphatic carbocycles. The highest BCUT2D eigenvalue weighted by Crippen LogP contribution is 2.36. The molecular formula is C28H23N3O2. The SMILES string of the molecule is Cc1cccc(NC(=O)c2ccc(C)c(Oc3cc(-c4ccncc4)nc4c3C=CC4)c2)c1. The number of rotatable bonds is 5. The van der Waals surface area contributed by atoms with Gasteiger partial charge in [0.25, 0.3) is 5.91 Å². The largest absolute Gasteiger partial charge is 0.456 e. The van der Waals surface area contributed by atoms with Crippen molar-refractivity contribution in [3.05, 3.63) is 107 Å². The third-order valence-corrected chi connectivity index (χ3v) is 5.62. The number of hydrogen-bond donors (Lipinski definition) is 1. The minimum absolute atomic E-state index is 0.178. The van der Waals surface area contributed by atoms with Gasteiger partial charge in [-0.25, -0.2) is 0 Å². The Kier molecular flexibility index (Phi) is 5.45. The minimum Gasteiger partial charge on any atom is -0.456 e. The monoisotopic (exact) mass is 433 g/mol. The summed E-state index contributed by atoms with van der Waals surface area (Å²) in [5, 5.41) is 2.96. The molecule has 1 N–H and O–H groups in total. The Balaban J connectivity index is 1.47. The van der Waals surface area contributed by atoms with Crippen LogP contribution in [0.3, 0.4) is 0 Å². The molecule has 1 amide bonds. The van der Waals surface area contributed by atoms with Crippen LogP contribution in [0.2, 0.25) is 0 Å². The predicted octanol–water partition coefficient (Wildman–Crippen LogP) is 6.37.